The first kappa shape index (κ1) is 13.2. The van der Waals surface area contributed by atoms with Crippen molar-refractivity contribution in [3.8, 4) is 11.4 Å². The predicted molar refractivity (Wildman–Crippen MR) is 71.5 cm³/mol. The minimum atomic E-state index is -0.0830. The van der Waals surface area contributed by atoms with Crippen LogP contribution in [0.4, 0.5) is 5.69 Å². The fourth-order valence-corrected chi connectivity index (χ4v) is 1.71. The second-order valence-corrected chi connectivity index (χ2v) is 4.57. The van der Waals surface area contributed by atoms with Gasteiger partial charge in [0.2, 0.25) is 11.7 Å². The molecule has 0 fully saturated rings. The summed E-state index contributed by atoms with van der Waals surface area (Å²) in [7, 11) is 3.69. The molecule has 2 aromatic rings. The summed E-state index contributed by atoms with van der Waals surface area (Å²) < 4.78 is 0. The second kappa shape index (κ2) is 5.57. The molecule has 0 bridgehead atoms. The Bertz CT molecular complexity index is 564. The molecule has 0 unspecified atom stereocenters. The van der Waals surface area contributed by atoms with E-state index < -0.39 is 0 Å². The van der Waals surface area contributed by atoms with Crippen molar-refractivity contribution in [3.05, 3.63) is 23.8 Å². The van der Waals surface area contributed by atoms with Gasteiger partial charge in [0.15, 0.2) is 0 Å². The van der Waals surface area contributed by atoms with Crippen LogP contribution in [0.2, 0.25) is 0 Å². The number of aromatic amines is 1. The highest BCUT2D eigenvalue weighted by molar-refractivity contribution is 5.96. The number of hydrogen-bond donors (Lipinski definition) is 2. The molecule has 0 spiro atoms. The quantitative estimate of drug-likeness (QED) is 0.844. The second-order valence-electron chi connectivity index (χ2n) is 4.57. The largest absolute Gasteiger partial charge is 0.324 e. The minimum Gasteiger partial charge on any atom is -0.324 e. The molecule has 2 rings (SSSR count). The van der Waals surface area contributed by atoms with Crippen molar-refractivity contribution in [2.75, 3.05) is 26.0 Å². The lowest BCUT2D eigenvalue weighted by Crippen LogP contribution is -2.27. The molecule has 2 N–H and O–H groups in total. The number of carbonyl (C=O) groups is 1. The van der Waals surface area contributed by atoms with Gasteiger partial charge in [0.05, 0.1) is 12.2 Å². The summed E-state index contributed by atoms with van der Waals surface area (Å²) in [5, 5.41) is 16.7. The standard InChI is InChI=1S/C12H16N6O/c1-8-4-5-9(12-14-16-17-15-12)10(6-8)13-11(19)7-18(2)3/h4-6H,7H2,1-3H3,(H,13,19)(H,14,15,16,17). The molecule has 0 atom stereocenters. The van der Waals surface area contributed by atoms with Crippen LogP contribution in [0.15, 0.2) is 18.2 Å². The number of anilines is 1. The molecule has 0 aliphatic rings. The maximum atomic E-state index is 11.8. The molecule has 1 amide bonds. The Balaban J connectivity index is 2.28. The van der Waals surface area contributed by atoms with Gasteiger partial charge in [0.25, 0.3) is 0 Å². The topological polar surface area (TPSA) is 86.8 Å². The van der Waals surface area contributed by atoms with Gasteiger partial charge in [-0.3, -0.25) is 4.79 Å². The van der Waals surface area contributed by atoms with Crippen molar-refractivity contribution in [2.45, 2.75) is 6.92 Å². The van der Waals surface area contributed by atoms with E-state index in [-0.39, 0.29) is 5.91 Å². The van der Waals surface area contributed by atoms with E-state index in [9.17, 15) is 4.79 Å². The third kappa shape index (κ3) is 3.35. The Kier molecular flexibility index (Phi) is 3.86. The van der Waals surface area contributed by atoms with Crippen LogP contribution in [-0.4, -0.2) is 52.1 Å². The van der Waals surface area contributed by atoms with Crippen molar-refractivity contribution < 1.29 is 4.79 Å². The number of likely N-dealkylation sites (N-methyl/N-ethyl adjacent to an activating group) is 1. The van der Waals surface area contributed by atoms with Crippen molar-refractivity contribution in [1.82, 2.24) is 25.5 Å². The summed E-state index contributed by atoms with van der Waals surface area (Å²) in [4.78, 5) is 13.6. The number of nitrogens with one attached hydrogen (secondary N) is 2. The van der Waals surface area contributed by atoms with E-state index in [1.807, 2.05) is 39.2 Å². The van der Waals surface area contributed by atoms with E-state index >= 15 is 0 Å². The number of rotatable bonds is 4. The molecule has 100 valence electrons. The Morgan fingerprint density at radius 3 is 2.84 bits per heavy atom. The fraction of sp³-hybridized carbons (Fsp3) is 0.333. The van der Waals surface area contributed by atoms with Crippen LogP contribution < -0.4 is 5.32 Å². The first-order chi connectivity index (χ1) is 9.06. The summed E-state index contributed by atoms with van der Waals surface area (Å²) in [6.45, 7) is 2.28. The van der Waals surface area contributed by atoms with Gasteiger partial charge >= 0.3 is 0 Å². The molecule has 0 saturated carbocycles. The van der Waals surface area contributed by atoms with E-state index in [0.29, 0.717) is 18.1 Å². The van der Waals surface area contributed by atoms with Crippen LogP contribution in [-0.2, 0) is 4.79 Å². The predicted octanol–water partition coefficient (Wildman–Crippen LogP) is 0.675. The summed E-state index contributed by atoms with van der Waals surface area (Å²) in [6, 6.07) is 5.69. The fourth-order valence-electron chi connectivity index (χ4n) is 1.71. The molecule has 1 heterocycles. The number of hydrogen-bond acceptors (Lipinski definition) is 5. The Hall–Kier alpha value is -2.28. The van der Waals surface area contributed by atoms with Crippen LogP contribution in [0, 0.1) is 6.92 Å². The molecule has 0 aliphatic heterocycles. The van der Waals surface area contributed by atoms with Gasteiger partial charge in [-0.25, -0.2) is 0 Å². The lowest BCUT2D eigenvalue weighted by molar-refractivity contribution is -0.116. The normalized spacial score (nSPS) is 10.7. The zero-order chi connectivity index (χ0) is 13.8. The highest BCUT2D eigenvalue weighted by Gasteiger charge is 2.12. The molecule has 1 aromatic heterocycles. The third-order valence-electron chi connectivity index (χ3n) is 2.50. The number of amides is 1. The maximum Gasteiger partial charge on any atom is 0.238 e. The number of tetrazole rings is 1. The van der Waals surface area contributed by atoms with Gasteiger partial charge in [0, 0.05) is 5.56 Å². The SMILES string of the molecule is Cc1ccc(-c2nn[nH]n2)c(NC(=O)CN(C)C)c1. The van der Waals surface area contributed by atoms with Gasteiger partial charge in [-0.05, 0) is 43.9 Å². The molecule has 1 aromatic carbocycles. The molecule has 7 nitrogen and oxygen atoms in total. The first-order valence-electron chi connectivity index (χ1n) is 5.85. The monoisotopic (exact) mass is 260 g/mol. The smallest absolute Gasteiger partial charge is 0.238 e. The Labute approximate surface area is 111 Å². The van der Waals surface area contributed by atoms with Crippen molar-refractivity contribution in [2.24, 2.45) is 0 Å². The highest BCUT2D eigenvalue weighted by atomic mass is 16.2. The van der Waals surface area contributed by atoms with Crippen LogP contribution in [0.25, 0.3) is 11.4 Å². The maximum absolute atomic E-state index is 11.8. The van der Waals surface area contributed by atoms with Crippen LogP contribution in [0.5, 0.6) is 0 Å². The van der Waals surface area contributed by atoms with Crippen LogP contribution >= 0.6 is 0 Å². The van der Waals surface area contributed by atoms with Gasteiger partial charge in [0.1, 0.15) is 0 Å². The molecule has 0 radical (unpaired) electrons. The van der Waals surface area contributed by atoms with Gasteiger partial charge in [-0.15, -0.1) is 10.2 Å². The van der Waals surface area contributed by atoms with Gasteiger partial charge in [-0.1, -0.05) is 6.07 Å². The van der Waals surface area contributed by atoms with E-state index in [1.54, 1.807) is 4.90 Å². The molecular formula is C12H16N6O. The average molecular weight is 260 g/mol. The number of benzene rings is 1. The van der Waals surface area contributed by atoms with Gasteiger partial charge < -0.3 is 10.2 Å². The number of aryl methyl sites for hydroxylation is 1. The van der Waals surface area contributed by atoms with E-state index in [4.69, 9.17) is 0 Å². The number of nitrogens with zero attached hydrogens (tertiary/aromatic N) is 4. The van der Waals surface area contributed by atoms with Crippen molar-refractivity contribution in [3.63, 3.8) is 0 Å². The highest BCUT2D eigenvalue weighted by Crippen LogP contribution is 2.25. The summed E-state index contributed by atoms with van der Waals surface area (Å²) in [5.74, 6) is 0.375. The lowest BCUT2D eigenvalue weighted by atomic mass is 10.1. The van der Waals surface area contributed by atoms with E-state index in [0.717, 1.165) is 11.1 Å². The van der Waals surface area contributed by atoms with Crippen molar-refractivity contribution in [1.29, 1.82) is 0 Å². The summed E-state index contributed by atoms with van der Waals surface area (Å²) in [6.07, 6.45) is 0. The number of H-pyrrole nitrogens is 1. The lowest BCUT2D eigenvalue weighted by Gasteiger charge is -2.12. The van der Waals surface area contributed by atoms with Gasteiger partial charge in [-0.2, -0.15) is 5.21 Å². The third-order valence-corrected chi connectivity index (χ3v) is 2.50. The summed E-state index contributed by atoms with van der Waals surface area (Å²) >= 11 is 0. The molecule has 7 heteroatoms. The zero-order valence-corrected chi connectivity index (χ0v) is 11.1. The molecular weight excluding hydrogens is 244 g/mol. The summed E-state index contributed by atoms with van der Waals surface area (Å²) in [5.41, 5.74) is 2.48. The Morgan fingerprint density at radius 2 is 2.21 bits per heavy atom. The molecule has 19 heavy (non-hydrogen) atoms. The van der Waals surface area contributed by atoms with Crippen molar-refractivity contribution >= 4 is 11.6 Å². The first-order valence-corrected chi connectivity index (χ1v) is 5.85. The van der Waals surface area contributed by atoms with Crippen LogP contribution in [0.1, 0.15) is 5.56 Å². The molecule has 0 aliphatic carbocycles. The average Bonchev–Trinajstić information content (AvgIpc) is 2.81. The minimum absolute atomic E-state index is 0.0830. The molecule has 0 saturated heterocycles. The van der Waals surface area contributed by atoms with E-state index in [1.165, 1.54) is 0 Å². The number of aromatic nitrogens is 4. The Morgan fingerprint density at radius 1 is 1.42 bits per heavy atom. The zero-order valence-electron chi connectivity index (χ0n) is 11.1. The van der Waals surface area contributed by atoms with Crippen LogP contribution in [0.3, 0.4) is 0 Å². The van der Waals surface area contributed by atoms with E-state index in [2.05, 4.69) is 25.9 Å². The number of carbonyl (C=O) groups excluding carboxylic acids is 1.